The van der Waals surface area contributed by atoms with Crippen molar-refractivity contribution in [3.05, 3.63) is 0 Å². The molecule has 108 valence electrons. The third-order valence-corrected chi connectivity index (χ3v) is 3.74. The highest BCUT2D eigenvalue weighted by Gasteiger charge is 2.51. The first-order valence-corrected chi connectivity index (χ1v) is 6.97. The van der Waals surface area contributed by atoms with Crippen molar-refractivity contribution in [1.29, 1.82) is 0 Å². The fourth-order valence-electron chi connectivity index (χ4n) is 2.59. The van der Waals surface area contributed by atoms with Crippen LogP contribution in [0.3, 0.4) is 0 Å². The van der Waals surface area contributed by atoms with Gasteiger partial charge in [0.15, 0.2) is 0 Å². The molecule has 5 nitrogen and oxygen atoms in total. The molecule has 6 heteroatoms. The minimum atomic E-state index is -0.492. The second kappa shape index (κ2) is 4.54. The second-order valence-electron chi connectivity index (χ2n) is 6.64. The van der Waals surface area contributed by atoms with Crippen molar-refractivity contribution in [2.24, 2.45) is 0 Å². The summed E-state index contributed by atoms with van der Waals surface area (Å²) in [5.74, 6) is 0.0753. The molecule has 0 radical (unpaired) electrons. The molecule has 0 N–H and O–H groups in total. The summed E-state index contributed by atoms with van der Waals surface area (Å²) in [7, 11) is 0. The Kier molecular flexibility index (Phi) is 3.45. The number of ether oxygens (including phenoxy) is 1. The molecule has 1 unspecified atom stereocenters. The smallest absolute Gasteiger partial charge is 0.410 e. The molecule has 0 bridgehead atoms. The molecule has 0 aromatic rings. The topological polar surface area (TPSA) is 49.9 Å². The second-order valence-corrected chi connectivity index (χ2v) is 7.26. The lowest BCUT2D eigenvalue weighted by Crippen LogP contribution is -2.70. The Morgan fingerprint density at radius 1 is 1.42 bits per heavy atom. The van der Waals surface area contributed by atoms with Gasteiger partial charge in [-0.05, 0) is 27.7 Å². The van der Waals surface area contributed by atoms with Gasteiger partial charge in [-0.2, -0.15) is 0 Å². The lowest BCUT2D eigenvalue weighted by molar-refractivity contribution is -0.139. The summed E-state index contributed by atoms with van der Waals surface area (Å²) in [6.07, 6.45) is 0.0721. The summed E-state index contributed by atoms with van der Waals surface area (Å²) in [6, 6.07) is 0. The van der Waals surface area contributed by atoms with Crippen LogP contribution in [-0.2, 0) is 9.53 Å². The molecule has 2 heterocycles. The van der Waals surface area contributed by atoms with Gasteiger partial charge in [0.2, 0.25) is 5.91 Å². The highest BCUT2D eigenvalue weighted by molar-refractivity contribution is 6.22. The van der Waals surface area contributed by atoms with Crippen LogP contribution in [0.5, 0.6) is 0 Å². The standard InChI is InChI=1S/C13H21ClN2O3/c1-12(2,3)19-11(18)15-7-13(4,8-15)16-6-9(14)5-10(16)17/h9H,5-8H2,1-4H3. The highest BCUT2D eigenvalue weighted by atomic mass is 35.5. The molecule has 0 aromatic carbocycles. The molecule has 2 amide bonds. The first-order valence-electron chi connectivity index (χ1n) is 6.53. The lowest BCUT2D eigenvalue weighted by Gasteiger charge is -2.52. The molecule has 0 aliphatic carbocycles. The van der Waals surface area contributed by atoms with Gasteiger partial charge < -0.3 is 14.5 Å². The Hall–Kier alpha value is -0.970. The first-order chi connectivity index (χ1) is 8.61. The summed E-state index contributed by atoms with van der Waals surface area (Å²) < 4.78 is 5.30. The maximum Gasteiger partial charge on any atom is 0.410 e. The van der Waals surface area contributed by atoms with Crippen molar-refractivity contribution >= 4 is 23.6 Å². The van der Waals surface area contributed by atoms with E-state index in [1.54, 1.807) is 9.80 Å². The summed E-state index contributed by atoms with van der Waals surface area (Å²) >= 11 is 6.01. The quantitative estimate of drug-likeness (QED) is 0.692. The summed E-state index contributed by atoms with van der Waals surface area (Å²) in [6.45, 7) is 9.10. The zero-order valence-electron chi connectivity index (χ0n) is 11.9. The van der Waals surface area contributed by atoms with Gasteiger partial charge >= 0.3 is 6.09 Å². The predicted molar refractivity (Wildman–Crippen MR) is 72.2 cm³/mol. The van der Waals surface area contributed by atoms with Gasteiger partial charge in [0.1, 0.15) is 5.60 Å². The van der Waals surface area contributed by atoms with E-state index in [-0.39, 0.29) is 22.9 Å². The van der Waals surface area contributed by atoms with E-state index in [2.05, 4.69) is 0 Å². The van der Waals surface area contributed by atoms with Crippen LogP contribution in [0, 0.1) is 0 Å². The van der Waals surface area contributed by atoms with Gasteiger partial charge in [-0.1, -0.05) is 0 Å². The molecule has 2 aliphatic heterocycles. The summed E-state index contributed by atoms with van der Waals surface area (Å²) in [5, 5.41) is -0.111. The number of carbonyl (C=O) groups is 2. The predicted octanol–water partition coefficient (Wildman–Crippen LogP) is 1.84. The zero-order chi connectivity index (χ0) is 14.4. The van der Waals surface area contributed by atoms with Crippen molar-refractivity contribution in [3.63, 3.8) is 0 Å². The number of nitrogens with zero attached hydrogens (tertiary/aromatic N) is 2. The summed E-state index contributed by atoms with van der Waals surface area (Å²) in [4.78, 5) is 27.1. The Bertz CT molecular complexity index is 399. The monoisotopic (exact) mass is 288 g/mol. The van der Waals surface area contributed by atoms with Crippen LogP contribution in [0.25, 0.3) is 0 Å². The van der Waals surface area contributed by atoms with Crippen LogP contribution in [0.2, 0.25) is 0 Å². The normalized spacial score (nSPS) is 26.4. The van der Waals surface area contributed by atoms with Crippen LogP contribution in [0.1, 0.15) is 34.1 Å². The number of halogens is 1. The molecule has 1 atom stereocenters. The zero-order valence-corrected chi connectivity index (χ0v) is 12.7. The Morgan fingerprint density at radius 2 is 2.00 bits per heavy atom. The lowest BCUT2D eigenvalue weighted by atomic mass is 9.90. The maximum atomic E-state index is 11.9. The Morgan fingerprint density at radius 3 is 2.42 bits per heavy atom. The molecular formula is C13H21ClN2O3. The number of alkyl halides is 1. The number of amides is 2. The molecule has 0 saturated carbocycles. The van der Waals surface area contributed by atoms with Crippen molar-refractivity contribution in [3.8, 4) is 0 Å². The Balaban J connectivity index is 1.91. The van der Waals surface area contributed by atoms with Gasteiger partial charge in [-0.15, -0.1) is 11.6 Å². The first kappa shape index (κ1) is 14.4. The van der Waals surface area contributed by atoms with Crippen LogP contribution in [0.4, 0.5) is 4.79 Å². The van der Waals surface area contributed by atoms with E-state index < -0.39 is 5.60 Å². The van der Waals surface area contributed by atoms with Crippen molar-refractivity contribution < 1.29 is 14.3 Å². The average molecular weight is 289 g/mol. The van der Waals surface area contributed by atoms with E-state index >= 15 is 0 Å². The van der Waals surface area contributed by atoms with Crippen molar-refractivity contribution in [2.45, 2.75) is 50.6 Å². The third kappa shape index (κ3) is 2.96. The van der Waals surface area contributed by atoms with Crippen LogP contribution in [-0.4, -0.2) is 58.0 Å². The molecule has 2 aliphatic rings. The van der Waals surface area contributed by atoms with Crippen LogP contribution >= 0.6 is 11.6 Å². The third-order valence-electron chi connectivity index (χ3n) is 3.44. The SMILES string of the molecule is CC(C)(C)OC(=O)N1CC(C)(N2CC(Cl)CC2=O)C1. The Labute approximate surface area is 118 Å². The number of hydrogen-bond donors (Lipinski definition) is 0. The number of rotatable bonds is 1. The van der Waals surface area contributed by atoms with E-state index in [9.17, 15) is 9.59 Å². The fraction of sp³-hybridized carbons (Fsp3) is 0.846. The average Bonchev–Trinajstić information content (AvgIpc) is 2.50. The molecule has 0 aromatic heterocycles. The van der Waals surface area contributed by atoms with Gasteiger partial charge in [0.05, 0.1) is 10.9 Å². The molecule has 2 fully saturated rings. The largest absolute Gasteiger partial charge is 0.444 e. The van der Waals surface area contributed by atoms with Gasteiger partial charge in [0.25, 0.3) is 0 Å². The minimum Gasteiger partial charge on any atom is -0.444 e. The maximum absolute atomic E-state index is 11.9. The van der Waals surface area contributed by atoms with Gasteiger partial charge in [-0.25, -0.2) is 4.79 Å². The molecule has 0 spiro atoms. The van der Waals surface area contributed by atoms with Crippen LogP contribution in [0.15, 0.2) is 0 Å². The van der Waals surface area contributed by atoms with E-state index in [0.29, 0.717) is 26.1 Å². The summed E-state index contributed by atoms with van der Waals surface area (Å²) in [5.41, 5.74) is -0.786. The number of hydrogen-bond acceptors (Lipinski definition) is 3. The van der Waals surface area contributed by atoms with E-state index in [4.69, 9.17) is 16.3 Å². The fourth-order valence-corrected chi connectivity index (χ4v) is 2.86. The molecule has 2 saturated heterocycles. The van der Waals surface area contributed by atoms with Gasteiger partial charge in [-0.3, -0.25) is 4.79 Å². The molecule has 2 rings (SSSR count). The van der Waals surface area contributed by atoms with E-state index in [1.165, 1.54) is 0 Å². The number of likely N-dealkylation sites (tertiary alicyclic amines) is 2. The van der Waals surface area contributed by atoms with Crippen molar-refractivity contribution in [1.82, 2.24) is 9.80 Å². The van der Waals surface area contributed by atoms with Crippen LogP contribution < -0.4 is 0 Å². The van der Waals surface area contributed by atoms with E-state index in [1.807, 2.05) is 27.7 Å². The minimum absolute atomic E-state index is 0.0753. The molecular weight excluding hydrogens is 268 g/mol. The van der Waals surface area contributed by atoms with E-state index in [0.717, 1.165) is 0 Å². The van der Waals surface area contributed by atoms with Crippen molar-refractivity contribution in [2.75, 3.05) is 19.6 Å². The number of carbonyl (C=O) groups excluding carboxylic acids is 2. The van der Waals surface area contributed by atoms with Gasteiger partial charge in [0, 0.05) is 26.1 Å². The molecule has 19 heavy (non-hydrogen) atoms. The highest BCUT2D eigenvalue weighted by Crippen LogP contribution is 2.33.